The Morgan fingerprint density at radius 2 is 0.600 bits per heavy atom. The number of carbonyl (C=O) groups excluding carboxylic acids is 2. The highest BCUT2D eigenvalue weighted by Gasteiger charge is 2.08. The summed E-state index contributed by atoms with van der Waals surface area (Å²) < 4.78 is 0. The molecule has 40 heavy (non-hydrogen) atoms. The minimum absolute atomic E-state index is 0.0283. The molecule has 0 saturated carbocycles. The molecule has 240 valence electrons. The average molecular weight is 603 g/mol. The highest BCUT2D eigenvalue weighted by molar-refractivity contribution is 7.96. The number of amides is 2. The number of nitrogens with zero attached hydrogens (tertiary/aromatic N) is 1. The Morgan fingerprint density at radius 1 is 0.425 bits per heavy atom. The van der Waals surface area contributed by atoms with Crippen molar-refractivity contribution in [3.8, 4) is 0 Å². The number of hydrogen-bond donors (Lipinski definition) is 3. The second kappa shape index (κ2) is 36.7. The lowest BCUT2D eigenvalue weighted by molar-refractivity contribution is 0.220. The van der Waals surface area contributed by atoms with E-state index >= 15 is 0 Å². The quantitative estimate of drug-likeness (QED) is 0.0565. The zero-order valence-electron chi connectivity index (χ0n) is 26.9. The van der Waals surface area contributed by atoms with Gasteiger partial charge in [0.15, 0.2) is 0 Å². The molecule has 0 radical (unpaired) electrons. The fraction of sp³-hybridized carbons (Fsp3) is 0.941. The van der Waals surface area contributed by atoms with Gasteiger partial charge in [0.1, 0.15) is 0 Å². The Balaban J connectivity index is 0. The van der Waals surface area contributed by atoms with Gasteiger partial charge in [-0.15, -0.1) is 0 Å². The number of hydrogen-bond acceptors (Lipinski definition) is 2. The summed E-state index contributed by atoms with van der Waals surface area (Å²) in [6, 6.07) is 0. The largest absolute Gasteiger partial charge is 0.361 e. The molecule has 0 aliphatic rings. The van der Waals surface area contributed by atoms with Crippen LogP contribution in [-0.4, -0.2) is 28.5 Å². The maximum Gasteiger partial charge on any atom is 0.278 e. The van der Waals surface area contributed by atoms with Gasteiger partial charge in [0.05, 0.1) is 0 Å². The molecule has 0 heterocycles. The fourth-order valence-corrected chi connectivity index (χ4v) is 5.50. The Kier molecular flexibility index (Phi) is 38.3. The molecule has 0 rings (SSSR count). The van der Waals surface area contributed by atoms with Gasteiger partial charge in [-0.05, 0) is 12.8 Å². The van der Waals surface area contributed by atoms with Crippen LogP contribution in [0.5, 0.6) is 0 Å². The monoisotopic (exact) mass is 602 g/mol. The van der Waals surface area contributed by atoms with Crippen LogP contribution in [0.15, 0.2) is 0 Å². The molecule has 0 aromatic heterocycles. The van der Waals surface area contributed by atoms with Crippen molar-refractivity contribution in [2.24, 2.45) is 5.73 Å². The molecular formula is C34H70N2O2S2. The summed E-state index contributed by atoms with van der Waals surface area (Å²) in [6.45, 7) is 6.38. The van der Waals surface area contributed by atoms with Crippen molar-refractivity contribution in [1.82, 2.24) is 4.90 Å². The van der Waals surface area contributed by atoms with Crippen molar-refractivity contribution in [2.45, 2.75) is 194 Å². The van der Waals surface area contributed by atoms with Crippen molar-refractivity contribution in [2.75, 3.05) is 13.1 Å². The third kappa shape index (κ3) is 39.8. The average Bonchev–Trinajstić information content (AvgIpc) is 2.91. The Bertz CT molecular complexity index is 484. The second-order valence-electron chi connectivity index (χ2n) is 11.8. The van der Waals surface area contributed by atoms with Crippen LogP contribution >= 0.6 is 25.3 Å². The first kappa shape index (κ1) is 41.8. The van der Waals surface area contributed by atoms with Crippen LogP contribution in [0.2, 0.25) is 0 Å². The SMILES string of the molecule is CCCCCCCCCCCCCCCCN(CCCCCCCCCCCCCCCC)C(=O)S.NC(=O)S. The molecule has 0 aliphatic heterocycles. The molecule has 0 atom stereocenters. The van der Waals surface area contributed by atoms with Crippen molar-refractivity contribution in [3.63, 3.8) is 0 Å². The molecule has 0 spiro atoms. The lowest BCUT2D eigenvalue weighted by Gasteiger charge is -2.20. The Labute approximate surface area is 262 Å². The van der Waals surface area contributed by atoms with Crippen LogP contribution < -0.4 is 5.73 Å². The van der Waals surface area contributed by atoms with Gasteiger partial charge in [-0.1, -0.05) is 206 Å². The maximum absolute atomic E-state index is 11.9. The minimum atomic E-state index is -0.639. The van der Waals surface area contributed by atoms with E-state index in [0.29, 0.717) is 0 Å². The molecule has 2 N–H and O–H groups in total. The van der Waals surface area contributed by atoms with Crippen LogP contribution in [0.4, 0.5) is 9.59 Å². The lowest BCUT2D eigenvalue weighted by atomic mass is 10.0. The van der Waals surface area contributed by atoms with E-state index in [1.807, 2.05) is 4.90 Å². The summed E-state index contributed by atoms with van der Waals surface area (Å²) in [5, 5.41) is -0.667. The van der Waals surface area contributed by atoms with Crippen molar-refractivity contribution < 1.29 is 9.59 Å². The van der Waals surface area contributed by atoms with Crippen LogP contribution in [0.25, 0.3) is 0 Å². The van der Waals surface area contributed by atoms with E-state index in [4.69, 9.17) is 4.79 Å². The van der Waals surface area contributed by atoms with Crippen LogP contribution in [-0.2, 0) is 0 Å². The number of primary amides is 1. The van der Waals surface area contributed by atoms with Gasteiger partial charge >= 0.3 is 0 Å². The Morgan fingerprint density at radius 3 is 0.775 bits per heavy atom. The topological polar surface area (TPSA) is 63.4 Å². The summed E-state index contributed by atoms with van der Waals surface area (Å²) >= 11 is 7.23. The number of thiol groups is 2. The third-order valence-electron chi connectivity index (χ3n) is 7.83. The van der Waals surface area contributed by atoms with E-state index < -0.39 is 5.24 Å². The number of unbranched alkanes of at least 4 members (excludes halogenated alkanes) is 26. The first-order valence-electron chi connectivity index (χ1n) is 17.4. The van der Waals surface area contributed by atoms with E-state index in [0.717, 1.165) is 25.9 Å². The summed E-state index contributed by atoms with van der Waals surface area (Å²) in [4.78, 5) is 22.9. The summed E-state index contributed by atoms with van der Waals surface area (Å²) in [7, 11) is 0. The summed E-state index contributed by atoms with van der Waals surface area (Å²) in [5.41, 5.74) is 4.34. The fourth-order valence-electron chi connectivity index (χ4n) is 5.30. The molecule has 0 aromatic carbocycles. The second-order valence-corrected chi connectivity index (χ2v) is 12.6. The number of carbonyl (C=O) groups is 2. The van der Waals surface area contributed by atoms with Crippen molar-refractivity contribution in [3.05, 3.63) is 0 Å². The van der Waals surface area contributed by atoms with Crippen LogP contribution in [0.1, 0.15) is 194 Å². The summed E-state index contributed by atoms with van der Waals surface area (Å²) in [5.74, 6) is 0. The van der Waals surface area contributed by atoms with Crippen LogP contribution in [0.3, 0.4) is 0 Å². The highest BCUT2D eigenvalue weighted by atomic mass is 32.1. The van der Waals surface area contributed by atoms with E-state index in [1.165, 1.54) is 167 Å². The zero-order valence-corrected chi connectivity index (χ0v) is 28.7. The molecule has 2 amide bonds. The summed E-state index contributed by atoms with van der Waals surface area (Å²) in [6.07, 6.45) is 38.6. The van der Waals surface area contributed by atoms with Gasteiger partial charge in [0.25, 0.3) is 10.5 Å². The van der Waals surface area contributed by atoms with Gasteiger partial charge < -0.3 is 10.6 Å². The minimum Gasteiger partial charge on any atom is -0.361 e. The normalized spacial score (nSPS) is 10.8. The molecule has 0 aromatic rings. The number of nitrogens with two attached hydrogens (primary N) is 1. The van der Waals surface area contributed by atoms with E-state index in [-0.39, 0.29) is 5.24 Å². The molecule has 0 bridgehead atoms. The van der Waals surface area contributed by atoms with Gasteiger partial charge in [-0.25, -0.2) is 0 Å². The zero-order chi connectivity index (χ0) is 29.9. The molecule has 0 saturated heterocycles. The molecule has 0 unspecified atom stereocenters. The molecular weight excluding hydrogens is 533 g/mol. The van der Waals surface area contributed by atoms with E-state index in [2.05, 4.69) is 44.8 Å². The Hall–Kier alpha value is -0.360. The van der Waals surface area contributed by atoms with Crippen molar-refractivity contribution in [1.29, 1.82) is 0 Å². The first-order chi connectivity index (χ1) is 19.5. The predicted octanol–water partition coefficient (Wildman–Crippen LogP) is 12.3. The van der Waals surface area contributed by atoms with E-state index in [9.17, 15) is 4.79 Å². The molecule has 4 nitrogen and oxygen atoms in total. The smallest absolute Gasteiger partial charge is 0.278 e. The van der Waals surface area contributed by atoms with Gasteiger partial charge in [-0.2, -0.15) is 0 Å². The van der Waals surface area contributed by atoms with Crippen molar-refractivity contribution >= 4 is 35.7 Å². The first-order valence-corrected chi connectivity index (χ1v) is 18.3. The molecule has 0 aliphatic carbocycles. The van der Waals surface area contributed by atoms with Gasteiger partial charge in [-0.3, -0.25) is 9.59 Å². The predicted molar refractivity (Wildman–Crippen MR) is 185 cm³/mol. The van der Waals surface area contributed by atoms with Gasteiger partial charge in [0.2, 0.25) is 0 Å². The molecule has 6 heteroatoms. The van der Waals surface area contributed by atoms with Crippen LogP contribution in [0, 0.1) is 0 Å². The molecule has 0 fully saturated rings. The highest BCUT2D eigenvalue weighted by Crippen LogP contribution is 2.15. The van der Waals surface area contributed by atoms with E-state index in [1.54, 1.807) is 0 Å². The number of rotatable bonds is 30. The van der Waals surface area contributed by atoms with Gasteiger partial charge in [0, 0.05) is 13.1 Å². The third-order valence-corrected chi connectivity index (χ3v) is 8.12. The standard InChI is InChI=1S/C33H67NOS.CH3NOS/c1-3-5-7-9-11-13-15-17-19-21-23-25-27-29-31-34(33(35)36)32-30-28-26-24-22-20-18-16-14-12-10-8-6-4-2;2-1(3)4/h3-32H2,1-2H3,(H,35,36);(H3,2,3,4). The maximum atomic E-state index is 11.9. The lowest BCUT2D eigenvalue weighted by Crippen LogP contribution is -2.28.